The molecule has 0 bridgehead atoms. The number of aromatic nitrogens is 4. The zero-order valence-electron chi connectivity index (χ0n) is 9.15. The number of H-pyrrole nitrogens is 1. The summed E-state index contributed by atoms with van der Waals surface area (Å²) in [7, 11) is 1.62. The molecule has 0 atom stereocenters. The molecule has 2 rings (SSSR count). The van der Waals surface area contributed by atoms with E-state index >= 15 is 0 Å². The van der Waals surface area contributed by atoms with Crippen LogP contribution in [0.3, 0.4) is 0 Å². The Hall–Kier alpha value is -1.89. The second-order valence-electron chi connectivity index (χ2n) is 3.36. The second-order valence-corrected chi connectivity index (χ2v) is 3.36. The topological polar surface area (TPSA) is 84.3 Å². The van der Waals surface area contributed by atoms with Crippen LogP contribution in [-0.4, -0.2) is 39.8 Å². The SMILES string of the molecule is COCCNc1nc(C)cc2n[nH]c(=O)n12. The molecule has 0 aliphatic rings. The summed E-state index contributed by atoms with van der Waals surface area (Å²) in [6.07, 6.45) is 0. The Morgan fingerprint density at radius 1 is 1.62 bits per heavy atom. The van der Waals surface area contributed by atoms with Crippen LogP contribution in [-0.2, 0) is 4.74 Å². The van der Waals surface area contributed by atoms with Crippen molar-refractivity contribution in [3.8, 4) is 0 Å². The summed E-state index contributed by atoms with van der Waals surface area (Å²) < 4.78 is 6.31. The standard InChI is InChI=1S/C9H13N5O2/c1-6-5-7-12-13-9(15)14(7)8(11-6)10-3-4-16-2/h5H,3-4H2,1-2H3,(H,10,11)(H,13,15). The highest BCUT2D eigenvalue weighted by Gasteiger charge is 2.07. The van der Waals surface area contributed by atoms with E-state index in [1.165, 1.54) is 4.40 Å². The smallest absolute Gasteiger partial charge is 0.350 e. The third-order valence-electron chi connectivity index (χ3n) is 2.12. The van der Waals surface area contributed by atoms with Crippen molar-refractivity contribution in [3.63, 3.8) is 0 Å². The number of aromatic amines is 1. The Morgan fingerprint density at radius 2 is 2.44 bits per heavy atom. The summed E-state index contributed by atoms with van der Waals surface area (Å²) in [5.41, 5.74) is 1.05. The summed E-state index contributed by atoms with van der Waals surface area (Å²) in [6, 6.07) is 1.74. The number of hydrogen-bond donors (Lipinski definition) is 2. The molecule has 2 N–H and O–H groups in total. The molecule has 0 fully saturated rings. The van der Waals surface area contributed by atoms with Gasteiger partial charge in [0.1, 0.15) is 0 Å². The maximum atomic E-state index is 11.5. The predicted octanol–water partition coefficient (Wildman–Crippen LogP) is -0.216. The van der Waals surface area contributed by atoms with Gasteiger partial charge in [-0.05, 0) is 6.92 Å². The minimum absolute atomic E-state index is 0.303. The van der Waals surface area contributed by atoms with Crippen molar-refractivity contribution in [1.82, 2.24) is 19.6 Å². The maximum absolute atomic E-state index is 11.5. The van der Waals surface area contributed by atoms with Crippen molar-refractivity contribution in [3.05, 3.63) is 22.2 Å². The molecule has 0 aromatic carbocycles. The first kappa shape index (κ1) is 10.6. The van der Waals surface area contributed by atoms with Crippen LogP contribution < -0.4 is 11.0 Å². The molecule has 0 saturated carbocycles. The zero-order chi connectivity index (χ0) is 11.5. The molecule has 0 saturated heterocycles. The molecule has 2 aromatic heterocycles. The van der Waals surface area contributed by atoms with Gasteiger partial charge in [0.2, 0.25) is 5.95 Å². The van der Waals surface area contributed by atoms with Crippen LogP contribution in [0.15, 0.2) is 10.9 Å². The average molecular weight is 223 g/mol. The summed E-state index contributed by atoms with van der Waals surface area (Å²) in [4.78, 5) is 15.7. The minimum Gasteiger partial charge on any atom is -0.383 e. The van der Waals surface area contributed by atoms with E-state index in [-0.39, 0.29) is 5.69 Å². The lowest BCUT2D eigenvalue weighted by molar-refractivity contribution is 0.210. The molecular weight excluding hydrogens is 210 g/mol. The van der Waals surface area contributed by atoms with Crippen LogP contribution in [0.25, 0.3) is 5.65 Å². The van der Waals surface area contributed by atoms with Gasteiger partial charge in [0.15, 0.2) is 5.65 Å². The first-order chi connectivity index (χ1) is 7.72. The largest absolute Gasteiger partial charge is 0.383 e. The minimum atomic E-state index is -0.303. The number of methoxy groups -OCH3 is 1. The van der Waals surface area contributed by atoms with Gasteiger partial charge >= 0.3 is 5.69 Å². The van der Waals surface area contributed by atoms with E-state index in [1.54, 1.807) is 13.2 Å². The monoisotopic (exact) mass is 223 g/mol. The summed E-state index contributed by atoms with van der Waals surface area (Å²) in [5.74, 6) is 0.478. The third-order valence-corrected chi connectivity index (χ3v) is 2.12. The van der Waals surface area contributed by atoms with E-state index in [0.717, 1.165) is 5.69 Å². The van der Waals surface area contributed by atoms with Crippen molar-refractivity contribution < 1.29 is 4.74 Å². The Bertz CT molecular complexity index is 544. The van der Waals surface area contributed by atoms with Crippen LogP contribution >= 0.6 is 0 Å². The lowest BCUT2D eigenvalue weighted by atomic mass is 10.4. The van der Waals surface area contributed by atoms with Gasteiger partial charge in [0.25, 0.3) is 0 Å². The highest BCUT2D eigenvalue weighted by atomic mass is 16.5. The first-order valence-electron chi connectivity index (χ1n) is 4.90. The van der Waals surface area contributed by atoms with Crippen molar-refractivity contribution in [1.29, 1.82) is 0 Å². The highest BCUT2D eigenvalue weighted by Crippen LogP contribution is 2.06. The molecule has 7 heteroatoms. The average Bonchev–Trinajstić information content (AvgIpc) is 2.60. The quantitative estimate of drug-likeness (QED) is 0.700. The van der Waals surface area contributed by atoms with Crippen molar-refractivity contribution in [2.24, 2.45) is 0 Å². The Morgan fingerprint density at radius 3 is 3.19 bits per heavy atom. The van der Waals surface area contributed by atoms with E-state index in [9.17, 15) is 4.79 Å². The lowest BCUT2D eigenvalue weighted by Gasteiger charge is -2.06. The molecule has 0 amide bonds. The number of nitrogens with zero attached hydrogens (tertiary/aromatic N) is 3. The van der Waals surface area contributed by atoms with Crippen LogP contribution in [0.2, 0.25) is 0 Å². The molecular formula is C9H13N5O2. The summed E-state index contributed by atoms with van der Waals surface area (Å²) in [5, 5.41) is 9.29. The predicted molar refractivity (Wildman–Crippen MR) is 58.7 cm³/mol. The highest BCUT2D eigenvalue weighted by molar-refractivity contribution is 5.45. The van der Waals surface area contributed by atoms with E-state index in [1.807, 2.05) is 6.92 Å². The molecule has 2 heterocycles. The normalized spacial score (nSPS) is 10.9. The van der Waals surface area contributed by atoms with Gasteiger partial charge < -0.3 is 10.1 Å². The summed E-state index contributed by atoms with van der Waals surface area (Å²) in [6.45, 7) is 2.98. The Kier molecular flexibility index (Phi) is 2.86. The van der Waals surface area contributed by atoms with Gasteiger partial charge in [0, 0.05) is 25.4 Å². The van der Waals surface area contributed by atoms with Crippen molar-refractivity contribution in [2.45, 2.75) is 6.92 Å². The molecule has 0 radical (unpaired) electrons. The van der Waals surface area contributed by atoms with E-state index in [4.69, 9.17) is 4.74 Å². The summed E-state index contributed by atoms with van der Waals surface area (Å²) >= 11 is 0. The number of hydrogen-bond acceptors (Lipinski definition) is 5. The van der Waals surface area contributed by atoms with Crippen molar-refractivity contribution >= 4 is 11.6 Å². The lowest BCUT2D eigenvalue weighted by Crippen LogP contribution is -2.18. The van der Waals surface area contributed by atoms with Crippen LogP contribution in [0.5, 0.6) is 0 Å². The number of ether oxygens (including phenoxy) is 1. The second kappa shape index (κ2) is 4.31. The fourth-order valence-electron chi connectivity index (χ4n) is 1.43. The van der Waals surface area contributed by atoms with Crippen LogP contribution in [0, 0.1) is 6.92 Å². The van der Waals surface area contributed by atoms with Gasteiger partial charge in [-0.3, -0.25) is 0 Å². The molecule has 0 aliphatic carbocycles. The maximum Gasteiger partial charge on any atom is 0.350 e. The fraction of sp³-hybridized carbons (Fsp3) is 0.444. The number of anilines is 1. The van der Waals surface area contributed by atoms with Gasteiger partial charge in [-0.2, -0.15) is 5.10 Å². The van der Waals surface area contributed by atoms with E-state index in [0.29, 0.717) is 24.7 Å². The van der Waals surface area contributed by atoms with E-state index < -0.39 is 0 Å². The van der Waals surface area contributed by atoms with Crippen LogP contribution in [0.1, 0.15) is 5.69 Å². The molecule has 0 unspecified atom stereocenters. The molecule has 86 valence electrons. The van der Waals surface area contributed by atoms with Crippen molar-refractivity contribution in [2.75, 3.05) is 25.6 Å². The fourth-order valence-corrected chi connectivity index (χ4v) is 1.43. The van der Waals surface area contributed by atoms with E-state index in [2.05, 4.69) is 20.5 Å². The van der Waals surface area contributed by atoms with Crippen LogP contribution in [0.4, 0.5) is 5.95 Å². The third kappa shape index (κ3) is 1.89. The molecule has 7 nitrogen and oxygen atoms in total. The first-order valence-corrected chi connectivity index (χ1v) is 4.90. The van der Waals surface area contributed by atoms with Gasteiger partial charge in [-0.15, -0.1) is 0 Å². The molecule has 2 aromatic rings. The number of nitrogens with one attached hydrogen (secondary N) is 2. The molecule has 16 heavy (non-hydrogen) atoms. The number of aryl methyl sites for hydroxylation is 1. The number of rotatable bonds is 4. The van der Waals surface area contributed by atoms with Gasteiger partial charge in [-0.25, -0.2) is 19.3 Å². The Balaban J connectivity index is 2.41. The molecule has 0 spiro atoms. The molecule has 0 aliphatic heterocycles. The zero-order valence-corrected chi connectivity index (χ0v) is 9.15. The van der Waals surface area contributed by atoms with Gasteiger partial charge in [-0.1, -0.05) is 0 Å². The van der Waals surface area contributed by atoms with Gasteiger partial charge in [0.05, 0.1) is 6.61 Å². The number of fused-ring (bicyclic) bond motifs is 1. The Labute approximate surface area is 91.5 Å².